The Labute approximate surface area is 136 Å². The SMILES string of the molecule is O=Cc1cn(CC(=O)Nc2cccc([N+](=O)[O-])c2)c2ccccc12. The van der Waals surface area contributed by atoms with E-state index in [1.54, 1.807) is 16.8 Å². The minimum atomic E-state index is -0.522. The average Bonchev–Trinajstić information content (AvgIpc) is 2.93. The zero-order valence-electron chi connectivity index (χ0n) is 12.5. The number of benzene rings is 2. The van der Waals surface area contributed by atoms with Crippen LogP contribution in [0.4, 0.5) is 11.4 Å². The first-order chi connectivity index (χ1) is 11.6. The van der Waals surface area contributed by atoms with Gasteiger partial charge in [-0.25, -0.2) is 0 Å². The molecule has 7 nitrogen and oxygen atoms in total. The van der Waals surface area contributed by atoms with Crippen LogP contribution in [0.15, 0.2) is 54.7 Å². The number of rotatable bonds is 5. The number of carbonyl (C=O) groups excluding carboxylic acids is 2. The van der Waals surface area contributed by atoms with Crippen LogP contribution in [0.5, 0.6) is 0 Å². The molecular weight excluding hydrogens is 310 g/mol. The number of hydrogen-bond acceptors (Lipinski definition) is 4. The van der Waals surface area contributed by atoms with Crippen LogP contribution < -0.4 is 5.32 Å². The Hall–Kier alpha value is -3.48. The summed E-state index contributed by atoms with van der Waals surface area (Å²) in [6, 6.07) is 13.0. The normalized spacial score (nSPS) is 10.5. The highest BCUT2D eigenvalue weighted by atomic mass is 16.6. The van der Waals surface area contributed by atoms with Crippen molar-refractivity contribution >= 4 is 34.5 Å². The molecule has 0 radical (unpaired) electrons. The van der Waals surface area contributed by atoms with Crippen molar-refractivity contribution in [2.45, 2.75) is 6.54 Å². The van der Waals surface area contributed by atoms with E-state index in [1.165, 1.54) is 18.2 Å². The van der Waals surface area contributed by atoms with E-state index in [1.807, 2.05) is 24.3 Å². The highest BCUT2D eigenvalue weighted by molar-refractivity contribution is 5.99. The lowest BCUT2D eigenvalue weighted by Gasteiger charge is -2.07. The summed E-state index contributed by atoms with van der Waals surface area (Å²) in [6.45, 7) is -0.00293. The first kappa shape index (κ1) is 15.4. The van der Waals surface area contributed by atoms with Crippen molar-refractivity contribution in [2.75, 3.05) is 5.32 Å². The number of nitro benzene ring substituents is 1. The second-order valence-electron chi connectivity index (χ2n) is 5.20. The fourth-order valence-corrected chi connectivity index (χ4v) is 2.55. The maximum atomic E-state index is 12.2. The van der Waals surface area contributed by atoms with E-state index in [0.29, 0.717) is 11.3 Å². The molecule has 1 amide bonds. The number of amides is 1. The lowest BCUT2D eigenvalue weighted by atomic mass is 10.2. The van der Waals surface area contributed by atoms with Crippen molar-refractivity contribution in [1.29, 1.82) is 0 Å². The number of anilines is 1. The first-order valence-electron chi connectivity index (χ1n) is 7.16. The van der Waals surface area contributed by atoms with Crippen LogP contribution in [0.1, 0.15) is 10.4 Å². The number of aromatic nitrogens is 1. The molecule has 0 saturated carbocycles. The van der Waals surface area contributed by atoms with Crippen LogP contribution >= 0.6 is 0 Å². The second kappa shape index (κ2) is 6.33. The van der Waals surface area contributed by atoms with Crippen LogP contribution in [0, 0.1) is 10.1 Å². The number of nitrogens with zero attached hydrogens (tertiary/aromatic N) is 2. The minimum Gasteiger partial charge on any atom is -0.337 e. The Morgan fingerprint density at radius 1 is 1.21 bits per heavy atom. The molecule has 0 unspecified atom stereocenters. The van der Waals surface area contributed by atoms with Gasteiger partial charge in [-0.15, -0.1) is 0 Å². The number of nitrogens with one attached hydrogen (secondary N) is 1. The molecule has 1 N–H and O–H groups in total. The molecule has 3 rings (SSSR count). The highest BCUT2D eigenvalue weighted by Crippen LogP contribution is 2.21. The van der Waals surface area contributed by atoms with E-state index < -0.39 is 4.92 Å². The molecule has 0 aliphatic heterocycles. The van der Waals surface area contributed by atoms with Gasteiger partial charge in [0.05, 0.1) is 4.92 Å². The number of carbonyl (C=O) groups is 2. The summed E-state index contributed by atoms with van der Waals surface area (Å²) >= 11 is 0. The van der Waals surface area contributed by atoms with Crippen molar-refractivity contribution in [1.82, 2.24) is 4.57 Å². The molecule has 24 heavy (non-hydrogen) atoms. The third-order valence-corrected chi connectivity index (χ3v) is 3.60. The molecule has 1 aromatic heterocycles. The van der Waals surface area contributed by atoms with Crippen molar-refractivity contribution in [3.63, 3.8) is 0 Å². The highest BCUT2D eigenvalue weighted by Gasteiger charge is 2.12. The Morgan fingerprint density at radius 2 is 2.00 bits per heavy atom. The predicted octanol–water partition coefficient (Wildman–Crippen LogP) is 3.00. The Morgan fingerprint density at radius 3 is 2.75 bits per heavy atom. The maximum absolute atomic E-state index is 12.2. The summed E-state index contributed by atoms with van der Waals surface area (Å²) in [5.41, 5.74) is 1.53. The monoisotopic (exact) mass is 323 g/mol. The Balaban J connectivity index is 1.82. The van der Waals surface area contributed by atoms with Gasteiger partial charge < -0.3 is 9.88 Å². The number of hydrogen-bond donors (Lipinski definition) is 1. The molecule has 0 saturated heterocycles. The summed E-state index contributed by atoms with van der Waals surface area (Å²) < 4.78 is 1.67. The van der Waals surface area contributed by atoms with Crippen LogP contribution in [0.2, 0.25) is 0 Å². The molecule has 0 fully saturated rings. The summed E-state index contributed by atoms with van der Waals surface area (Å²) in [4.78, 5) is 33.6. The molecule has 3 aromatic rings. The first-order valence-corrected chi connectivity index (χ1v) is 7.16. The number of nitro groups is 1. The number of aldehydes is 1. The van der Waals surface area contributed by atoms with Crippen molar-refractivity contribution in [2.24, 2.45) is 0 Å². The molecule has 0 aliphatic carbocycles. The smallest absolute Gasteiger partial charge is 0.271 e. The van der Waals surface area contributed by atoms with Gasteiger partial charge in [0.1, 0.15) is 6.54 Å². The second-order valence-corrected chi connectivity index (χ2v) is 5.20. The molecule has 0 aliphatic rings. The molecule has 7 heteroatoms. The molecule has 1 heterocycles. The van der Waals surface area contributed by atoms with Gasteiger partial charge in [0.25, 0.3) is 5.69 Å². The van der Waals surface area contributed by atoms with E-state index in [2.05, 4.69) is 5.32 Å². The van der Waals surface area contributed by atoms with Crippen LogP contribution in [0.25, 0.3) is 10.9 Å². The number of fused-ring (bicyclic) bond motifs is 1. The van der Waals surface area contributed by atoms with Gasteiger partial charge in [-0.05, 0) is 12.1 Å². The third kappa shape index (κ3) is 3.00. The average molecular weight is 323 g/mol. The van der Waals surface area contributed by atoms with E-state index in [-0.39, 0.29) is 18.1 Å². The van der Waals surface area contributed by atoms with E-state index in [0.717, 1.165) is 17.2 Å². The minimum absolute atomic E-state index is 0.00293. The van der Waals surface area contributed by atoms with Gasteiger partial charge in [-0.1, -0.05) is 24.3 Å². The fourth-order valence-electron chi connectivity index (χ4n) is 2.55. The predicted molar refractivity (Wildman–Crippen MR) is 89.1 cm³/mol. The van der Waals surface area contributed by atoms with Crippen molar-refractivity contribution < 1.29 is 14.5 Å². The Bertz CT molecular complexity index is 946. The zero-order chi connectivity index (χ0) is 17.1. The quantitative estimate of drug-likeness (QED) is 0.443. The lowest BCUT2D eigenvalue weighted by molar-refractivity contribution is -0.384. The third-order valence-electron chi connectivity index (χ3n) is 3.60. The van der Waals surface area contributed by atoms with Crippen LogP contribution in [-0.2, 0) is 11.3 Å². The van der Waals surface area contributed by atoms with Gasteiger partial charge in [0, 0.05) is 40.5 Å². The molecule has 0 atom stereocenters. The summed E-state index contributed by atoms with van der Waals surface area (Å²) in [6.07, 6.45) is 2.36. The topological polar surface area (TPSA) is 94.2 Å². The molecule has 2 aromatic carbocycles. The molecular formula is C17H13N3O4. The van der Waals surface area contributed by atoms with Crippen LogP contribution in [0.3, 0.4) is 0 Å². The van der Waals surface area contributed by atoms with Gasteiger partial charge >= 0.3 is 0 Å². The van der Waals surface area contributed by atoms with Gasteiger partial charge in [-0.3, -0.25) is 19.7 Å². The molecule has 120 valence electrons. The van der Waals surface area contributed by atoms with E-state index >= 15 is 0 Å². The van der Waals surface area contributed by atoms with Crippen LogP contribution in [-0.4, -0.2) is 21.7 Å². The summed E-state index contributed by atoms with van der Waals surface area (Å²) in [7, 11) is 0. The summed E-state index contributed by atoms with van der Waals surface area (Å²) in [5.74, 6) is -0.339. The fraction of sp³-hybridized carbons (Fsp3) is 0.0588. The standard InChI is InChI=1S/C17H13N3O4/c21-11-12-9-19(16-7-2-1-6-15(12)16)10-17(22)18-13-4-3-5-14(8-13)20(23)24/h1-9,11H,10H2,(H,18,22). The van der Waals surface area contributed by atoms with E-state index in [4.69, 9.17) is 0 Å². The van der Waals surface area contributed by atoms with Gasteiger partial charge in [0.2, 0.25) is 5.91 Å². The number of para-hydroxylation sites is 1. The maximum Gasteiger partial charge on any atom is 0.271 e. The zero-order valence-corrected chi connectivity index (χ0v) is 12.5. The molecule has 0 spiro atoms. The van der Waals surface area contributed by atoms with Crippen molar-refractivity contribution in [3.8, 4) is 0 Å². The largest absolute Gasteiger partial charge is 0.337 e. The summed E-state index contributed by atoms with van der Waals surface area (Å²) in [5, 5.41) is 14.2. The van der Waals surface area contributed by atoms with Gasteiger partial charge in [0.15, 0.2) is 6.29 Å². The lowest BCUT2D eigenvalue weighted by Crippen LogP contribution is -2.18. The number of non-ortho nitro benzene ring substituents is 1. The van der Waals surface area contributed by atoms with Gasteiger partial charge in [-0.2, -0.15) is 0 Å². The van der Waals surface area contributed by atoms with E-state index in [9.17, 15) is 19.7 Å². The Kier molecular flexibility index (Phi) is 4.07. The molecule has 0 bridgehead atoms. The van der Waals surface area contributed by atoms with Crippen molar-refractivity contribution in [3.05, 3.63) is 70.4 Å².